The zero-order chi connectivity index (χ0) is 11.3. The van der Waals surface area contributed by atoms with Crippen molar-refractivity contribution < 1.29 is 9.53 Å². The van der Waals surface area contributed by atoms with Gasteiger partial charge in [0, 0.05) is 24.9 Å². The molecule has 0 radical (unpaired) electrons. The summed E-state index contributed by atoms with van der Waals surface area (Å²) in [5, 5.41) is 0. The lowest BCUT2D eigenvalue weighted by Gasteiger charge is -2.34. The lowest BCUT2D eigenvalue weighted by atomic mass is 9.75. The second-order valence-corrected chi connectivity index (χ2v) is 6.00. The molecule has 90 valence electrons. The molecule has 1 aliphatic carbocycles. The molecule has 1 saturated carbocycles. The van der Waals surface area contributed by atoms with Crippen LogP contribution in [0.4, 0.5) is 0 Å². The molecule has 0 bridgehead atoms. The van der Waals surface area contributed by atoms with Gasteiger partial charge in [0.15, 0.2) is 0 Å². The van der Waals surface area contributed by atoms with E-state index in [1.165, 1.54) is 0 Å². The first-order chi connectivity index (χ1) is 7.63. The summed E-state index contributed by atoms with van der Waals surface area (Å²) in [7, 11) is 0. The second-order valence-electron chi connectivity index (χ2n) is 6.00. The van der Waals surface area contributed by atoms with Crippen LogP contribution in [0.1, 0.15) is 33.1 Å². The number of fused-ring (bicyclic) bond motifs is 1. The Morgan fingerprint density at radius 3 is 2.56 bits per heavy atom. The number of nitrogens with zero attached hydrogens (tertiary/aromatic N) is 1. The maximum absolute atomic E-state index is 12.2. The Bertz CT molecular complexity index is 284. The van der Waals surface area contributed by atoms with Crippen molar-refractivity contribution in [2.24, 2.45) is 17.8 Å². The third-order valence-electron chi connectivity index (χ3n) is 4.46. The Hall–Kier alpha value is -0.570. The maximum Gasteiger partial charge on any atom is 0.225 e. The summed E-state index contributed by atoms with van der Waals surface area (Å²) in [6.45, 7) is 6.16. The molecule has 0 unspecified atom stereocenters. The number of amides is 1. The molecule has 2 heterocycles. The summed E-state index contributed by atoms with van der Waals surface area (Å²) in [5.41, 5.74) is 0. The molecule has 0 aromatic rings. The first-order valence-electron chi connectivity index (χ1n) is 6.57. The lowest BCUT2D eigenvalue weighted by Crippen LogP contribution is -2.41. The van der Waals surface area contributed by atoms with Gasteiger partial charge in [-0.1, -0.05) is 6.92 Å². The van der Waals surface area contributed by atoms with E-state index < -0.39 is 0 Å². The van der Waals surface area contributed by atoms with E-state index in [1.54, 1.807) is 0 Å². The average Bonchev–Trinajstić information content (AvgIpc) is 2.68. The highest BCUT2D eigenvalue weighted by Gasteiger charge is 2.44. The van der Waals surface area contributed by atoms with Crippen LogP contribution in [0.15, 0.2) is 0 Å². The van der Waals surface area contributed by atoms with Gasteiger partial charge in [0.2, 0.25) is 5.91 Å². The summed E-state index contributed by atoms with van der Waals surface area (Å²) in [6.07, 6.45) is 4.06. The van der Waals surface area contributed by atoms with E-state index in [0.29, 0.717) is 30.0 Å². The van der Waals surface area contributed by atoms with Crippen LogP contribution in [0.2, 0.25) is 0 Å². The standard InChI is InChI=1S/C13H21NO2/c1-8-3-10(4-8)13(15)14-6-11-5-9(2)16-12(11)7-14/h8-12H,3-7H2,1-2H3/t8?,9-,10?,11+,12-/m0/s1. The van der Waals surface area contributed by atoms with E-state index in [4.69, 9.17) is 4.74 Å². The fraction of sp³-hybridized carbons (Fsp3) is 0.923. The van der Waals surface area contributed by atoms with Crippen LogP contribution in [0.5, 0.6) is 0 Å². The van der Waals surface area contributed by atoms with Crippen LogP contribution in [0.25, 0.3) is 0 Å². The zero-order valence-corrected chi connectivity index (χ0v) is 10.2. The average molecular weight is 223 g/mol. The van der Waals surface area contributed by atoms with Gasteiger partial charge < -0.3 is 9.64 Å². The Kier molecular flexibility index (Phi) is 2.46. The molecule has 0 aromatic carbocycles. The van der Waals surface area contributed by atoms with Crippen LogP contribution in [-0.4, -0.2) is 36.1 Å². The molecule has 0 aromatic heterocycles. The monoisotopic (exact) mass is 223 g/mol. The van der Waals surface area contributed by atoms with Gasteiger partial charge in [0.05, 0.1) is 12.2 Å². The second kappa shape index (κ2) is 3.73. The van der Waals surface area contributed by atoms with Gasteiger partial charge >= 0.3 is 0 Å². The summed E-state index contributed by atoms with van der Waals surface area (Å²) in [5.74, 6) is 2.08. The SMILES string of the molecule is CC1CC(C(=O)N2C[C@H]3C[C@H](C)O[C@H]3C2)C1. The van der Waals surface area contributed by atoms with Gasteiger partial charge in [0.25, 0.3) is 0 Å². The van der Waals surface area contributed by atoms with Gasteiger partial charge in [0.1, 0.15) is 0 Å². The number of rotatable bonds is 1. The van der Waals surface area contributed by atoms with E-state index in [9.17, 15) is 4.79 Å². The quantitative estimate of drug-likeness (QED) is 0.676. The Labute approximate surface area is 97.1 Å². The van der Waals surface area contributed by atoms with Gasteiger partial charge in [-0.25, -0.2) is 0 Å². The van der Waals surface area contributed by atoms with Gasteiger partial charge in [-0.2, -0.15) is 0 Å². The fourth-order valence-electron chi connectivity index (χ4n) is 3.54. The number of hydrogen-bond donors (Lipinski definition) is 0. The minimum absolute atomic E-state index is 0.325. The van der Waals surface area contributed by atoms with Crippen molar-refractivity contribution >= 4 is 5.91 Å². The number of carbonyl (C=O) groups excluding carboxylic acids is 1. The molecule has 2 saturated heterocycles. The summed E-state index contributed by atoms with van der Waals surface area (Å²) in [6, 6.07) is 0. The molecular weight excluding hydrogens is 202 g/mol. The molecule has 3 fully saturated rings. The Morgan fingerprint density at radius 1 is 1.19 bits per heavy atom. The highest BCUT2D eigenvalue weighted by molar-refractivity contribution is 5.80. The minimum atomic E-state index is 0.325. The van der Waals surface area contributed by atoms with Crippen molar-refractivity contribution in [3.8, 4) is 0 Å². The number of likely N-dealkylation sites (tertiary alicyclic amines) is 1. The molecular formula is C13H21NO2. The van der Waals surface area contributed by atoms with Crippen LogP contribution < -0.4 is 0 Å². The summed E-state index contributed by atoms with van der Waals surface area (Å²) >= 11 is 0. The molecule has 0 spiro atoms. The summed E-state index contributed by atoms with van der Waals surface area (Å²) in [4.78, 5) is 14.2. The van der Waals surface area contributed by atoms with Crippen molar-refractivity contribution in [1.29, 1.82) is 0 Å². The van der Waals surface area contributed by atoms with Gasteiger partial charge in [-0.05, 0) is 32.1 Å². The smallest absolute Gasteiger partial charge is 0.225 e. The van der Waals surface area contributed by atoms with E-state index in [2.05, 4.69) is 18.7 Å². The van der Waals surface area contributed by atoms with Crippen LogP contribution in [-0.2, 0) is 9.53 Å². The highest BCUT2D eigenvalue weighted by atomic mass is 16.5. The predicted molar refractivity (Wildman–Crippen MR) is 60.9 cm³/mol. The number of carbonyl (C=O) groups is 1. The molecule has 3 atom stereocenters. The maximum atomic E-state index is 12.2. The molecule has 1 amide bonds. The third-order valence-corrected chi connectivity index (χ3v) is 4.46. The minimum Gasteiger partial charge on any atom is -0.373 e. The topological polar surface area (TPSA) is 29.5 Å². The normalized spacial score (nSPS) is 46.6. The van der Waals surface area contributed by atoms with Gasteiger partial charge in [-0.3, -0.25) is 4.79 Å². The van der Waals surface area contributed by atoms with Crippen molar-refractivity contribution in [2.75, 3.05) is 13.1 Å². The molecule has 3 rings (SSSR count). The first-order valence-corrected chi connectivity index (χ1v) is 6.57. The number of hydrogen-bond acceptors (Lipinski definition) is 2. The van der Waals surface area contributed by atoms with Crippen LogP contribution in [0, 0.1) is 17.8 Å². The lowest BCUT2D eigenvalue weighted by molar-refractivity contribution is -0.139. The molecule has 0 N–H and O–H groups in total. The van der Waals surface area contributed by atoms with E-state index in [1.807, 2.05) is 0 Å². The molecule has 3 aliphatic rings. The molecule has 3 heteroatoms. The highest BCUT2D eigenvalue weighted by Crippen LogP contribution is 2.38. The third kappa shape index (κ3) is 1.65. The van der Waals surface area contributed by atoms with Crippen LogP contribution in [0.3, 0.4) is 0 Å². The molecule has 16 heavy (non-hydrogen) atoms. The van der Waals surface area contributed by atoms with E-state index in [0.717, 1.165) is 38.3 Å². The predicted octanol–water partition coefficient (Wildman–Crippen LogP) is 1.67. The van der Waals surface area contributed by atoms with Crippen molar-refractivity contribution in [1.82, 2.24) is 4.90 Å². The Balaban J connectivity index is 1.57. The van der Waals surface area contributed by atoms with E-state index in [-0.39, 0.29) is 0 Å². The van der Waals surface area contributed by atoms with Crippen LogP contribution >= 0.6 is 0 Å². The Morgan fingerprint density at radius 2 is 1.94 bits per heavy atom. The van der Waals surface area contributed by atoms with Crippen molar-refractivity contribution in [3.05, 3.63) is 0 Å². The number of ether oxygens (including phenoxy) is 1. The van der Waals surface area contributed by atoms with E-state index >= 15 is 0 Å². The fourth-order valence-corrected chi connectivity index (χ4v) is 3.54. The van der Waals surface area contributed by atoms with Crippen molar-refractivity contribution in [3.63, 3.8) is 0 Å². The summed E-state index contributed by atoms with van der Waals surface area (Å²) < 4.78 is 5.82. The zero-order valence-electron chi connectivity index (χ0n) is 10.2. The van der Waals surface area contributed by atoms with Gasteiger partial charge in [-0.15, -0.1) is 0 Å². The largest absolute Gasteiger partial charge is 0.373 e. The molecule has 2 aliphatic heterocycles. The first kappa shape index (κ1) is 10.6. The molecule has 3 nitrogen and oxygen atoms in total. The van der Waals surface area contributed by atoms with Crippen molar-refractivity contribution in [2.45, 2.75) is 45.3 Å².